The highest BCUT2D eigenvalue weighted by Gasteiger charge is 2.59. The Kier molecular flexibility index (Phi) is 5.93. The van der Waals surface area contributed by atoms with Gasteiger partial charge >= 0.3 is 0 Å². The van der Waals surface area contributed by atoms with E-state index in [0.717, 1.165) is 22.6 Å². The fraction of sp³-hybridized carbons (Fsp3) is 0.440. The lowest BCUT2D eigenvalue weighted by molar-refractivity contribution is -0.615. The first-order chi connectivity index (χ1) is 14.6. The van der Waals surface area contributed by atoms with Gasteiger partial charge in [0.05, 0.1) is 14.8 Å². The average molecular weight is 457 g/mol. The third-order valence-electron chi connectivity index (χ3n) is 6.40. The van der Waals surface area contributed by atoms with E-state index in [-0.39, 0.29) is 16.3 Å². The van der Waals surface area contributed by atoms with Crippen molar-refractivity contribution in [1.29, 1.82) is 0 Å². The molecule has 31 heavy (non-hydrogen) atoms. The monoisotopic (exact) mass is 456 g/mol. The summed E-state index contributed by atoms with van der Waals surface area (Å²) in [6.07, 6.45) is 4.36. The molecule has 4 nitrogen and oxygen atoms in total. The van der Waals surface area contributed by atoms with Crippen LogP contribution in [0.3, 0.4) is 0 Å². The van der Waals surface area contributed by atoms with Crippen LogP contribution in [0, 0.1) is 5.21 Å². The molecule has 2 aromatic rings. The van der Waals surface area contributed by atoms with Crippen LogP contribution in [0.5, 0.6) is 5.75 Å². The number of ether oxygens (including phenoxy) is 1. The van der Waals surface area contributed by atoms with Crippen molar-refractivity contribution in [1.82, 2.24) is 0 Å². The molecule has 2 aliphatic rings. The number of nitrogens with zero attached hydrogens (tertiary/aromatic N) is 1. The summed E-state index contributed by atoms with van der Waals surface area (Å²) in [5.74, 6) is 1.71. The fourth-order valence-corrected chi connectivity index (χ4v) is 5.77. The molecule has 0 radical (unpaired) electrons. The largest absolute Gasteiger partial charge is 0.628 e. The van der Waals surface area contributed by atoms with Gasteiger partial charge in [0.1, 0.15) is 11.4 Å². The predicted molar refractivity (Wildman–Crippen MR) is 136 cm³/mol. The van der Waals surface area contributed by atoms with Crippen LogP contribution in [-0.2, 0) is 11.2 Å². The average Bonchev–Trinajstić information content (AvgIpc) is 2.89. The van der Waals surface area contributed by atoms with Gasteiger partial charge in [-0.05, 0) is 56.7 Å². The van der Waals surface area contributed by atoms with Crippen LogP contribution in [-0.4, -0.2) is 17.0 Å². The van der Waals surface area contributed by atoms with Gasteiger partial charge in [0.2, 0.25) is 5.72 Å². The highest BCUT2D eigenvalue weighted by Crippen LogP contribution is 2.56. The van der Waals surface area contributed by atoms with Crippen LogP contribution in [0.25, 0.3) is 6.08 Å². The van der Waals surface area contributed by atoms with Crippen LogP contribution in [0.1, 0.15) is 58.2 Å². The standard InChI is InChI=1S/C25H33N2O2PS/c1-16(2)26-22-10-8-7-9-21(22)24(5,6)25(26)12-11-18-13-20(27(28)30)14-19(23(18)29-25)15-31-17(3)4/h7-14,16-17,27H,15,30H2,1-6H3. The number of hydrogen-bond donors (Lipinski definition) is 1. The van der Waals surface area contributed by atoms with Crippen molar-refractivity contribution in [3.8, 4) is 5.75 Å². The van der Waals surface area contributed by atoms with Crippen LogP contribution in [0.4, 0.5) is 11.4 Å². The molecule has 0 saturated heterocycles. The Morgan fingerprint density at radius 3 is 2.52 bits per heavy atom. The number of rotatable bonds is 5. The maximum absolute atomic E-state index is 12.1. The molecule has 1 spiro atoms. The minimum absolute atomic E-state index is 0.00434. The van der Waals surface area contributed by atoms with E-state index in [1.807, 2.05) is 23.9 Å². The lowest BCUT2D eigenvalue weighted by Gasteiger charge is -2.49. The van der Waals surface area contributed by atoms with E-state index in [4.69, 9.17) is 4.74 Å². The van der Waals surface area contributed by atoms with Crippen LogP contribution in [0.2, 0.25) is 0 Å². The summed E-state index contributed by atoms with van der Waals surface area (Å²) < 4.78 is 7.06. The van der Waals surface area contributed by atoms with Crippen molar-refractivity contribution in [2.45, 2.75) is 69.7 Å². The van der Waals surface area contributed by atoms with Gasteiger partial charge in [0.15, 0.2) is 0 Å². The summed E-state index contributed by atoms with van der Waals surface area (Å²) in [6, 6.07) is 12.8. The molecular weight excluding hydrogens is 423 g/mol. The van der Waals surface area contributed by atoms with Crippen molar-refractivity contribution in [2.75, 3.05) is 4.90 Å². The van der Waals surface area contributed by atoms with Gasteiger partial charge in [-0.15, -0.1) is 0 Å². The first-order valence-electron chi connectivity index (χ1n) is 10.9. The number of hydrogen-bond acceptors (Lipinski definition) is 4. The van der Waals surface area contributed by atoms with Gasteiger partial charge in [-0.3, -0.25) is 0 Å². The maximum Gasteiger partial charge on any atom is 0.212 e. The first-order valence-corrected chi connectivity index (χ1v) is 12.6. The smallest absolute Gasteiger partial charge is 0.212 e. The van der Waals surface area contributed by atoms with E-state index in [9.17, 15) is 5.21 Å². The minimum Gasteiger partial charge on any atom is -0.628 e. The van der Waals surface area contributed by atoms with Crippen molar-refractivity contribution in [3.63, 3.8) is 0 Å². The number of thioether (sulfide) groups is 1. The molecule has 0 aliphatic carbocycles. The molecule has 6 heteroatoms. The zero-order valence-electron chi connectivity index (χ0n) is 19.2. The number of nitrogens with one attached hydrogen (secondary N) is 1. The SMILES string of the molecule is CC(C)SCc1cc([NH+]([O-])P)cc2c1OC1(C=C2)N(C(C)C)c2ccccc2C1(C)C. The molecule has 1 N–H and O–H groups in total. The van der Waals surface area contributed by atoms with Gasteiger partial charge in [-0.25, -0.2) is 0 Å². The van der Waals surface area contributed by atoms with Crippen LogP contribution >= 0.6 is 21.2 Å². The van der Waals surface area contributed by atoms with E-state index >= 15 is 0 Å². The molecule has 0 bridgehead atoms. The lowest BCUT2D eigenvalue weighted by atomic mass is 9.76. The zero-order valence-corrected chi connectivity index (χ0v) is 21.2. The molecule has 2 aliphatic heterocycles. The van der Waals surface area contributed by atoms with Crippen molar-refractivity contribution in [2.24, 2.45) is 0 Å². The second-order valence-electron chi connectivity index (χ2n) is 9.52. The number of quaternary nitrogens is 1. The molecular formula is C25H33N2O2PS. The Morgan fingerprint density at radius 1 is 1.16 bits per heavy atom. The van der Waals surface area contributed by atoms with Gasteiger partial charge < -0.3 is 19.7 Å². The quantitative estimate of drug-likeness (QED) is 0.480. The van der Waals surface area contributed by atoms with Crippen molar-refractivity contribution >= 4 is 38.6 Å². The Morgan fingerprint density at radius 2 is 1.87 bits per heavy atom. The topological polar surface area (TPSA) is 40.0 Å². The van der Waals surface area contributed by atoms with Crippen LogP contribution in [0.15, 0.2) is 42.5 Å². The number of benzene rings is 2. The molecule has 3 atom stereocenters. The zero-order chi connectivity index (χ0) is 22.6. The molecule has 0 aromatic heterocycles. The summed E-state index contributed by atoms with van der Waals surface area (Å²) in [4.78, 5) is 2.42. The summed E-state index contributed by atoms with van der Waals surface area (Å²) in [5.41, 5.74) is 4.43. The summed E-state index contributed by atoms with van der Waals surface area (Å²) in [6.45, 7) is 13.4. The first kappa shape index (κ1) is 22.7. The van der Waals surface area contributed by atoms with Gasteiger partial charge in [0.25, 0.3) is 0 Å². The number of fused-ring (bicyclic) bond motifs is 2. The third-order valence-corrected chi connectivity index (χ3v) is 7.88. The molecule has 0 saturated carbocycles. The van der Waals surface area contributed by atoms with Gasteiger partial charge in [-0.2, -0.15) is 11.8 Å². The minimum atomic E-state index is -0.623. The van der Waals surface area contributed by atoms with Gasteiger partial charge in [-0.1, -0.05) is 32.0 Å². The summed E-state index contributed by atoms with van der Waals surface area (Å²) in [5, 5.41) is 12.6. The summed E-state index contributed by atoms with van der Waals surface area (Å²) >= 11 is 1.87. The predicted octanol–water partition coefficient (Wildman–Crippen LogP) is 5.44. The number of para-hydroxylation sites is 1. The van der Waals surface area contributed by atoms with Crippen molar-refractivity contribution < 1.29 is 9.57 Å². The molecule has 2 aromatic carbocycles. The molecule has 3 unspecified atom stereocenters. The molecule has 2 heterocycles. The van der Waals surface area contributed by atoms with E-state index in [1.165, 1.54) is 11.3 Å². The second-order valence-corrected chi connectivity index (χ2v) is 11.6. The fourth-order valence-electron chi connectivity index (χ4n) is 4.87. The Balaban J connectivity index is 1.88. The third kappa shape index (κ3) is 3.60. The molecule has 0 amide bonds. The van der Waals surface area contributed by atoms with Crippen molar-refractivity contribution in [3.05, 3.63) is 64.4 Å². The lowest BCUT2D eigenvalue weighted by Crippen LogP contribution is -2.90. The van der Waals surface area contributed by atoms with E-state index in [2.05, 4.69) is 92.3 Å². The summed E-state index contributed by atoms with van der Waals surface area (Å²) in [7, 11) is 2.30. The maximum atomic E-state index is 12.1. The Bertz CT molecular complexity index is 1020. The van der Waals surface area contributed by atoms with Crippen LogP contribution < -0.4 is 14.5 Å². The Hall–Kier alpha value is -1.52. The molecule has 0 fully saturated rings. The molecule has 4 rings (SSSR count). The highest BCUT2D eigenvalue weighted by molar-refractivity contribution is 7.99. The Labute approximate surface area is 192 Å². The second kappa shape index (κ2) is 8.12. The van der Waals surface area contributed by atoms with E-state index in [0.29, 0.717) is 10.9 Å². The number of anilines is 1. The van der Waals surface area contributed by atoms with E-state index < -0.39 is 5.72 Å². The van der Waals surface area contributed by atoms with Gasteiger partial charge in [0, 0.05) is 40.7 Å². The normalized spacial score (nSPS) is 22.1. The highest BCUT2D eigenvalue weighted by atomic mass is 32.2. The molecule has 166 valence electrons. The van der Waals surface area contributed by atoms with E-state index in [1.54, 1.807) is 0 Å².